The molecule has 1 fully saturated rings. The largest absolute Gasteiger partial charge is 0.496 e. The molecule has 0 bridgehead atoms. The SMILES string of the molecule is COc1ccccc1CN(CC1CCCO1)C(=O)c1ccc(NS(=O)(=O)c2ccc(F)cc2)cc1. The van der Waals surface area contributed by atoms with Crippen LogP contribution in [-0.2, 0) is 21.3 Å². The van der Waals surface area contributed by atoms with Crippen molar-refractivity contribution in [2.24, 2.45) is 0 Å². The Hall–Kier alpha value is -3.43. The molecule has 7 nitrogen and oxygen atoms in total. The van der Waals surface area contributed by atoms with E-state index in [1.807, 2.05) is 24.3 Å². The van der Waals surface area contributed by atoms with Crippen molar-refractivity contribution in [2.75, 3.05) is 25.0 Å². The van der Waals surface area contributed by atoms with Crippen LogP contribution in [0.1, 0.15) is 28.8 Å². The third-order valence-corrected chi connectivity index (χ3v) is 7.19. The molecule has 0 aromatic heterocycles. The van der Waals surface area contributed by atoms with Crippen LogP contribution < -0.4 is 9.46 Å². The Kier molecular flexibility index (Phi) is 7.67. The number of methoxy groups -OCH3 is 1. The Balaban J connectivity index is 1.52. The van der Waals surface area contributed by atoms with E-state index in [2.05, 4.69) is 4.72 Å². The van der Waals surface area contributed by atoms with E-state index in [1.165, 1.54) is 24.3 Å². The molecule has 4 rings (SSSR count). The second-order valence-corrected chi connectivity index (χ2v) is 9.95. The van der Waals surface area contributed by atoms with Crippen molar-refractivity contribution in [1.29, 1.82) is 0 Å². The molecular formula is C26H27FN2O5S. The molecule has 9 heteroatoms. The average Bonchev–Trinajstić information content (AvgIpc) is 3.37. The minimum absolute atomic E-state index is 0.0320. The van der Waals surface area contributed by atoms with Crippen LogP contribution in [0.4, 0.5) is 10.1 Å². The lowest BCUT2D eigenvalue weighted by Crippen LogP contribution is -2.37. The summed E-state index contributed by atoms with van der Waals surface area (Å²) in [6, 6.07) is 18.3. The van der Waals surface area contributed by atoms with Crippen molar-refractivity contribution in [1.82, 2.24) is 4.90 Å². The molecule has 184 valence electrons. The second-order valence-electron chi connectivity index (χ2n) is 8.27. The Bertz CT molecular complexity index is 1260. The number of sulfonamides is 1. The molecule has 1 unspecified atom stereocenters. The van der Waals surface area contributed by atoms with Crippen LogP contribution >= 0.6 is 0 Å². The minimum Gasteiger partial charge on any atom is -0.496 e. The summed E-state index contributed by atoms with van der Waals surface area (Å²) in [6.07, 6.45) is 1.82. The molecule has 35 heavy (non-hydrogen) atoms. The first-order valence-electron chi connectivity index (χ1n) is 11.3. The average molecular weight is 499 g/mol. The third kappa shape index (κ3) is 6.17. The molecule has 1 atom stereocenters. The number of para-hydroxylation sites is 1. The van der Waals surface area contributed by atoms with Crippen LogP contribution in [0, 0.1) is 5.82 Å². The summed E-state index contributed by atoms with van der Waals surface area (Å²) in [5, 5.41) is 0. The number of amides is 1. The molecule has 1 aliphatic rings. The van der Waals surface area contributed by atoms with Gasteiger partial charge in [0, 0.05) is 36.5 Å². The van der Waals surface area contributed by atoms with E-state index in [-0.39, 0.29) is 16.9 Å². The number of carbonyl (C=O) groups is 1. The molecule has 1 saturated heterocycles. The Morgan fingerprint density at radius 3 is 2.46 bits per heavy atom. The van der Waals surface area contributed by atoms with Gasteiger partial charge in [0.15, 0.2) is 0 Å². The van der Waals surface area contributed by atoms with Crippen molar-refractivity contribution < 1.29 is 27.1 Å². The summed E-state index contributed by atoms with van der Waals surface area (Å²) < 4.78 is 51.9. The molecule has 0 spiro atoms. The fraction of sp³-hybridized carbons (Fsp3) is 0.269. The predicted molar refractivity (Wildman–Crippen MR) is 130 cm³/mol. The van der Waals surface area contributed by atoms with Gasteiger partial charge in [-0.25, -0.2) is 12.8 Å². The highest BCUT2D eigenvalue weighted by Gasteiger charge is 2.25. The summed E-state index contributed by atoms with van der Waals surface area (Å²) in [5.74, 6) is -0.0185. The smallest absolute Gasteiger partial charge is 0.261 e. The fourth-order valence-corrected chi connectivity index (χ4v) is 5.04. The maximum atomic E-state index is 13.4. The topological polar surface area (TPSA) is 84.9 Å². The van der Waals surface area contributed by atoms with Crippen LogP contribution in [0.2, 0.25) is 0 Å². The first-order chi connectivity index (χ1) is 16.9. The van der Waals surface area contributed by atoms with Gasteiger partial charge in [-0.05, 0) is 67.4 Å². The van der Waals surface area contributed by atoms with Gasteiger partial charge in [-0.2, -0.15) is 0 Å². The number of carbonyl (C=O) groups excluding carboxylic acids is 1. The van der Waals surface area contributed by atoms with Crippen LogP contribution in [-0.4, -0.2) is 45.6 Å². The van der Waals surface area contributed by atoms with Crippen LogP contribution in [0.3, 0.4) is 0 Å². The molecule has 1 heterocycles. The van der Waals surface area contributed by atoms with E-state index in [0.717, 1.165) is 30.5 Å². The normalized spacial score (nSPS) is 15.5. The number of benzene rings is 3. The summed E-state index contributed by atoms with van der Waals surface area (Å²) >= 11 is 0. The van der Waals surface area contributed by atoms with Gasteiger partial charge >= 0.3 is 0 Å². The molecule has 3 aromatic carbocycles. The lowest BCUT2D eigenvalue weighted by atomic mass is 10.1. The van der Waals surface area contributed by atoms with Gasteiger partial charge in [-0.15, -0.1) is 0 Å². The number of halogens is 1. The summed E-state index contributed by atoms with van der Waals surface area (Å²) in [6.45, 7) is 1.47. The highest BCUT2D eigenvalue weighted by atomic mass is 32.2. The molecule has 1 amide bonds. The quantitative estimate of drug-likeness (QED) is 0.471. The van der Waals surface area contributed by atoms with Crippen molar-refractivity contribution in [3.8, 4) is 5.75 Å². The number of nitrogens with one attached hydrogen (secondary N) is 1. The molecule has 1 aliphatic heterocycles. The van der Waals surface area contributed by atoms with Gasteiger partial charge in [0.1, 0.15) is 11.6 Å². The first-order valence-corrected chi connectivity index (χ1v) is 12.8. The van der Waals surface area contributed by atoms with Crippen LogP contribution in [0.15, 0.2) is 77.7 Å². The number of hydrogen-bond donors (Lipinski definition) is 1. The van der Waals surface area contributed by atoms with E-state index >= 15 is 0 Å². The number of rotatable bonds is 9. The minimum atomic E-state index is -3.89. The zero-order chi connectivity index (χ0) is 24.8. The van der Waals surface area contributed by atoms with Crippen molar-refractivity contribution in [3.05, 3.63) is 89.7 Å². The number of anilines is 1. The van der Waals surface area contributed by atoms with Crippen molar-refractivity contribution in [2.45, 2.75) is 30.4 Å². The molecule has 0 saturated carbocycles. The molecule has 3 aromatic rings. The summed E-state index contributed by atoms with van der Waals surface area (Å²) in [7, 11) is -2.29. The van der Waals surface area contributed by atoms with Gasteiger partial charge in [0.25, 0.3) is 15.9 Å². The molecule has 0 aliphatic carbocycles. The Labute approximate surface area is 204 Å². The lowest BCUT2D eigenvalue weighted by Gasteiger charge is -2.26. The predicted octanol–water partition coefficient (Wildman–Crippen LogP) is 4.46. The van der Waals surface area contributed by atoms with Gasteiger partial charge in [0.2, 0.25) is 0 Å². The van der Waals surface area contributed by atoms with E-state index in [1.54, 1.807) is 24.1 Å². The maximum absolute atomic E-state index is 13.4. The number of nitrogens with zero attached hydrogens (tertiary/aromatic N) is 1. The van der Waals surface area contributed by atoms with E-state index in [9.17, 15) is 17.6 Å². The van der Waals surface area contributed by atoms with Gasteiger partial charge in [-0.3, -0.25) is 9.52 Å². The van der Waals surface area contributed by atoms with Crippen LogP contribution in [0.5, 0.6) is 5.75 Å². The number of hydrogen-bond acceptors (Lipinski definition) is 5. The van der Waals surface area contributed by atoms with Gasteiger partial charge in [-0.1, -0.05) is 18.2 Å². The van der Waals surface area contributed by atoms with Gasteiger partial charge in [0.05, 0.1) is 18.1 Å². The Morgan fingerprint density at radius 1 is 1.09 bits per heavy atom. The highest BCUT2D eigenvalue weighted by Crippen LogP contribution is 2.23. The fourth-order valence-electron chi connectivity index (χ4n) is 3.98. The molecular weight excluding hydrogens is 471 g/mol. The van der Waals surface area contributed by atoms with E-state index in [0.29, 0.717) is 36.7 Å². The first kappa shape index (κ1) is 24.7. The molecule has 1 N–H and O–H groups in total. The maximum Gasteiger partial charge on any atom is 0.261 e. The van der Waals surface area contributed by atoms with Crippen molar-refractivity contribution in [3.63, 3.8) is 0 Å². The number of ether oxygens (including phenoxy) is 2. The summed E-state index contributed by atoms with van der Waals surface area (Å²) in [5.41, 5.74) is 1.59. The highest BCUT2D eigenvalue weighted by molar-refractivity contribution is 7.92. The standard InChI is InChI=1S/C26H27FN2O5S/c1-33-25-7-3-2-5-20(25)17-29(18-23-6-4-16-34-23)26(30)19-8-12-22(13-9-19)28-35(31,32)24-14-10-21(27)11-15-24/h2-3,5,7-15,23,28H,4,6,16-18H2,1H3. The lowest BCUT2D eigenvalue weighted by molar-refractivity contribution is 0.0505. The van der Waals surface area contributed by atoms with Gasteiger partial charge < -0.3 is 14.4 Å². The summed E-state index contributed by atoms with van der Waals surface area (Å²) in [4.78, 5) is 15.1. The molecule has 0 radical (unpaired) electrons. The van der Waals surface area contributed by atoms with E-state index < -0.39 is 15.8 Å². The van der Waals surface area contributed by atoms with E-state index in [4.69, 9.17) is 9.47 Å². The zero-order valence-corrected chi connectivity index (χ0v) is 20.1. The second kappa shape index (κ2) is 10.9. The monoisotopic (exact) mass is 498 g/mol. The van der Waals surface area contributed by atoms with Crippen molar-refractivity contribution >= 4 is 21.6 Å². The zero-order valence-electron chi connectivity index (χ0n) is 19.3. The Morgan fingerprint density at radius 2 is 1.80 bits per heavy atom. The third-order valence-electron chi connectivity index (χ3n) is 5.80. The van der Waals surface area contributed by atoms with Crippen LogP contribution in [0.25, 0.3) is 0 Å².